The molecule has 1 aromatic rings. The van der Waals surface area contributed by atoms with Crippen molar-refractivity contribution in [2.45, 2.75) is 66.5 Å². The van der Waals surface area contributed by atoms with Gasteiger partial charge in [-0.15, -0.1) is 24.0 Å². The van der Waals surface area contributed by atoms with Crippen molar-refractivity contribution >= 4 is 29.9 Å². The molecule has 0 saturated carbocycles. The van der Waals surface area contributed by atoms with Gasteiger partial charge in [0.1, 0.15) is 0 Å². The van der Waals surface area contributed by atoms with Crippen molar-refractivity contribution in [3.05, 3.63) is 17.0 Å². The van der Waals surface area contributed by atoms with Gasteiger partial charge in [-0.2, -0.15) is 5.10 Å². The van der Waals surface area contributed by atoms with Gasteiger partial charge in [0.25, 0.3) is 0 Å². The Balaban J connectivity index is 0.00000625. The smallest absolute Gasteiger partial charge is 0.190 e. The molecule has 26 heavy (non-hydrogen) atoms. The zero-order chi connectivity index (χ0) is 19.0. The fourth-order valence-corrected chi connectivity index (χ4v) is 3.29. The molecule has 152 valence electrons. The van der Waals surface area contributed by atoms with Crippen LogP contribution in [0.3, 0.4) is 0 Å². The van der Waals surface area contributed by atoms with Crippen LogP contribution in [0.2, 0.25) is 0 Å². The van der Waals surface area contributed by atoms with E-state index < -0.39 is 0 Å². The van der Waals surface area contributed by atoms with Gasteiger partial charge in [0.15, 0.2) is 5.96 Å². The summed E-state index contributed by atoms with van der Waals surface area (Å²) in [5.74, 6) is 0.875. The van der Waals surface area contributed by atoms with Gasteiger partial charge in [-0.25, -0.2) is 0 Å². The first-order valence-corrected chi connectivity index (χ1v) is 9.47. The summed E-state index contributed by atoms with van der Waals surface area (Å²) >= 11 is 0. The Bertz CT molecular complexity index is 542. The Kier molecular flexibility index (Phi) is 12.1. The molecular weight excluding hydrogens is 439 g/mol. The second kappa shape index (κ2) is 12.5. The predicted molar refractivity (Wildman–Crippen MR) is 123 cm³/mol. The van der Waals surface area contributed by atoms with E-state index in [2.05, 4.69) is 67.2 Å². The minimum Gasteiger partial charge on any atom is -0.356 e. The summed E-state index contributed by atoms with van der Waals surface area (Å²) in [7, 11) is 3.82. The molecule has 0 bridgehead atoms. The van der Waals surface area contributed by atoms with Crippen LogP contribution in [-0.2, 0) is 13.5 Å². The van der Waals surface area contributed by atoms with E-state index in [9.17, 15) is 0 Å². The van der Waals surface area contributed by atoms with Gasteiger partial charge in [0.05, 0.1) is 5.69 Å². The molecule has 0 aromatic carbocycles. The molecule has 0 unspecified atom stereocenters. The number of halogens is 1. The quantitative estimate of drug-likeness (QED) is 0.248. The minimum atomic E-state index is 0. The molecule has 0 atom stereocenters. The van der Waals surface area contributed by atoms with Crippen molar-refractivity contribution in [3.8, 4) is 0 Å². The predicted octanol–water partition coefficient (Wildman–Crippen LogP) is 2.87. The van der Waals surface area contributed by atoms with Crippen molar-refractivity contribution in [3.63, 3.8) is 0 Å². The molecule has 0 aliphatic rings. The van der Waals surface area contributed by atoms with E-state index >= 15 is 0 Å². The molecule has 0 spiro atoms. The summed E-state index contributed by atoms with van der Waals surface area (Å²) in [6.07, 6.45) is 2.07. The summed E-state index contributed by atoms with van der Waals surface area (Å²) in [6, 6.07) is 1.17. The summed E-state index contributed by atoms with van der Waals surface area (Å²) in [6.45, 7) is 16.1. The maximum atomic E-state index is 4.47. The Labute approximate surface area is 177 Å². The molecule has 1 rings (SSSR count). The van der Waals surface area contributed by atoms with Crippen LogP contribution in [0, 0.1) is 13.8 Å². The largest absolute Gasteiger partial charge is 0.356 e. The zero-order valence-corrected chi connectivity index (χ0v) is 20.2. The first kappa shape index (κ1) is 25.2. The molecule has 0 saturated heterocycles. The van der Waals surface area contributed by atoms with Gasteiger partial charge < -0.3 is 10.6 Å². The van der Waals surface area contributed by atoms with Gasteiger partial charge in [-0.05, 0) is 59.9 Å². The molecule has 1 heterocycles. The summed E-state index contributed by atoms with van der Waals surface area (Å²) in [4.78, 5) is 6.84. The van der Waals surface area contributed by atoms with Crippen molar-refractivity contribution in [1.82, 2.24) is 25.3 Å². The topological polar surface area (TPSA) is 57.5 Å². The highest BCUT2D eigenvalue weighted by Gasteiger charge is 2.12. The fraction of sp³-hybridized carbons (Fsp3) is 0.789. The Morgan fingerprint density at radius 3 is 2.15 bits per heavy atom. The van der Waals surface area contributed by atoms with Gasteiger partial charge in [0, 0.05) is 51.5 Å². The highest BCUT2D eigenvalue weighted by atomic mass is 127. The van der Waals surface area contributed by atoms with Crippen LogP contribution in [0.1, 0.15) is 51.1 Å². The van der Waals surface area contributed by atoms with Crippen LogP contribution in [0.15, 0.2) is 4.99 Å². The molecule has 7 heteroatoms. The lowest BCUT2D eigenvalue weighted by atomic mass is 10.1. The molecule has 1 aromatic heterocycles. The van der Waals surface area contributed by atoms with Crippen LogP contribution >= 0.6 is 24.0 Å². The first-order valence-electron chi connectivity index (χ1n) is 9.47. The van der Waals surface area contributed by atoms with Crippen LogP contribution < -0.4 is 10.6 Å². The maximum Gasteiger partial charge on any atom is 0.190 e. The lowest BCUT2D eigenvalue weighted by molar-refractivity contribution is 0.173. The molecule has 6 nitrogen and oxygen atoms in total. The third-order valence-electron chi connectivity index (χ3n) is 4.76. The number of aryl methyl sites for hydroxylation is 2. The Morgan fingerprint density at radius 2 is 1.69 bits per heavy atom. The molecule has 0 radical (unpaired) electrons. The lowest BCUT2D eigenvalue weighted by Crippen LogP contribution is -2.41. The minimum absolute atomic E-state index is 0. The number of aromatic nitrogens is 2. The maximum absolute atomic E-state index is 4.47. The highest BCUT2D eigenvalue weighted by molar-refractivity contribution is 14.0. The zero-order valence-electron chi connectivity index (χ0n) is 17.9. The Morgan fingerprint density at radius 1 is 1.12 bits per heavy atom. The van der Waals surface area contributed by atoms with Gasteiger partial charge in [-0.3, -0.25) is 14.6 Å². The average Bonchev–Trinajstić information content (AvgIpc) is 2.78. The molecule has 0 aliphatic heterocycles. The lowest BCUT2D eigenvalue weighted by Gasteiger charge is -2.30. The van der Waals surface area contributed by atoms with Gasteiger partial charge >= 0.3 is 0 Å². The van der Waals surface area contributed by atoms with E-state index in [1.807, 2.05) is 18.8 Å². The molecule has 2 N–H and O–H groups in total. The molecule has 0 aliphatic carbocycles. The third kappa shape index (κ3) is 7.82. The number of nitrogens with zero attached hydrogens (tertiary/aromatic N) is 4. The van der Waals surface area contributed by atoms with Crippen LogP contribution in [0.4, 0.5) is 0 Å². The highest BCUT2D eigenvalue weighted by Crippen LogP contribution is 2.11. The van der Waals surface area contributed by atoms with Gasteiger partial charge in [0.2, 0.25) is 0 Å². The molecule has 0 amide bonds. The summed E-state index contributed by atoms with van der Waals surface area (Å²) in [5.41, 5.74) is 3.69. The number of hydrogen-bond donors (Lipinski definition) is 2. The Hall–Kier alpha value is -0.830. The molecular formula is C19H39IN6. The number of guanidine groups is 1. The van der Waals surface area contributed by atoms with Crippen molar-refractivity contribution in [2.24, 2.45) is 12.0 Å². The average molecular weight is 478 g/mol. The van der Waals surface area contributed by atoms with Crippen molar-refractivity contribution in [1.29, 1.82) is 0 Å². The third-order valence-corrected chi connectivity index (χ3v) is 4.76. The van der Waals surface area contributed by atoms with Gasteiger partial charge in [-0.1, -0.05) is 0 Å². The van der Waals surface area contributed by atoms with Crippen LogP contribution in [0.25, 0.3) is 0 Å². The molecule has 0 fully saturated rings. The first-order chi connectivity index (χ1) is 11.8. The van der Waals surface area contributed by atoms with E-state index in [0.29, 0.717) is 12.1 Å². The SMILES string of the molecule is CN=C(NCCCN(C(C)C)C(C)C)NCCc1c(C)nn(C)c1C.I. The summed E-state index contributed by atoms with van der Waals surface area (Å²) in [5, 5.41) is 11.3. The standard InChI is InChI=1S/C19H38N6.HI/c1-14(2)25(15(3)4)13-9-11-21-19(20-7)22-12-10-18-16(5)23-24(8)17(18)6;/h14-15H,9-13H2,1-8H3,(H2,20,21,22);1H. The normalized spacial score (nSPS) is 12.0. The van der Waals surface area contributed by atoms with E-state index in [0.717, 1.165) is 44.1 Å². The number of hydrogen-bond acceptors (Lipinski definition) is 3. The second-order valence-corrected chi connectivity index (χ2v) is 7.23. The van der Waals surface area contributed by atoms with E-state index in [1.54, 1.807) is 0 Å². The monoisotopic (exact) mass is 478 g/mol. The number of aliphatic imine (C=N–C) groups is 1. The van der Waals surface area contributed by atoms with Crippen molar-refractivity contribution in [2.75, 3.05) is 26.7 Å². The van der Waals surface area contributed by atoms with E-state index in [1.165, 1.54) is 11.3 Å². The number of nitrogens with one attached hydrogen (secondary N) is 2. The summed E-state index contributed by atoms with van der Waals surface area (Å²) < 4.78 is 1.95. The van der Waals surface area contributed by atoms with E-state index in [-0.39, 0.29) is 24.0 Å². The fourth-order valence-electron chi connectivity index (χ4n) is 3.29. The second-order valence-electron chi connectivity index (χ2n) is 7.23. The van der Waals surface area contributed by atoms with Crippen LogP contribution in [0.5, 0.6) is 0 Å². The van der Waals surface area contributed by atoms with Crippen molar-refractivity contribution < 1.29 is 0 Å². The van der Waals surface area contributed by atoms with E-state index in [4.69, 9.17) is 0 Å². The number of rotatable bonds is 9. The van der Waals surface area contributed by atoms with Crippen LogP contribution in [-0.4, -0.2) is 59.4 Å².